The van der Waals surface area contributed by atoms with Crippen molar-refractivity contribution in [1.82, 2.24) is 10.3 Å². The van der Waals surface area contributed by atoms with Crippen LogP contribution in [-0.4, -0.2) is 24.2 Å². The molecular formula is C13H14N2O. The lowest BCUT2D eigenvalue weighted by molar-refractivity contribution is 0.00805. The third-order valence-corrected chi connectivity index (χ3v) is 2.93. The zero-order chi connectivity index (χ0) is 10.8. The molecule has 1 saturated heterocycles. The van der Waals surface area contributed by atoms with Gasteiger partial charge in [0.1, 0.15) is 0 Å². The molecule has 16 heavy (non-hydrogen) atoms. The van der Waals surface area contributed by atoms with E-state index in [-0.39, 0.29) is 0 Å². The van der Waals surface area contributed by atoms with Gasteiger partial charge in [-0.2, -0.15) is 0 Å². The van der Waals surface area contributed by atoms with Crippen LogP contribution >= 0.6 is 0 Å². The Labute approximate surface area is 94.5 Å². The summed E-state index contributed by atoms with van der Waals surface area (Å²) in [6.07, 6.45) is 2.20. The molecule has 1 fully saturated rings. The maximum absolute atomic E-state index is 5.77. The lowest BCUT2D eigenvalue weighted by atomic mass is 10.1. The molecule has 0 bridgehead atoms. The van der Waals surface area contributed by atoms with Gasteiger partial charge in [-0.05, 0) is 6.07 Å². The van der Waals surface area contributed by atoms with Gasteiger partial charge >= 0.3 is 0 Å². The highest BCUT2D eigenvalue weighted by molar-refractivity contribution is 5.81. The summed E-state index contributed by atoms with van der Waals surface area (Å²) >= 11 is 0. The fourth-order valence-corrected chi connectivity index (χ4v) is 1.87. The Morgan fingerprint density at radius 1 is 1.25 bits per heavy atom. The fourth-order valence-electron chi connectivity index (χ4n) is 1.87. The molecule has 0 aliphatic carbocycles. The van der Waals surface area contributed by atoms with Crippen molar-refractivity contribution in [2.24, 2.45) is 0 Å². The van der Waals surface area contributed by atoms with E-state index in [1.807, 2.05) is 12.3 Å². The zero-order valence-electron chi connectivity index (χ0n) is 9.02. The quantitative estimate of drug-likeness (QED) is 0.844. The lowest BCUT2D eigenvalue weighted by Crippen LogP contribution is -2.48. The van der Waals surface area contributed by atoms with Gasteiger partial charge in [-0.3, -0.25) is 4.98 Å². The average molecular weight is 214 g/mol. The van der Waals surface area contributed by atoms with Crippen molar-refractivity contribution in [3.63, 3.8) is 0 Å². The van der Waals surface area contributed by atoms with Gasteiger partial charge < -0.3 is 10.1 Å². The molecule has 3 heteroatoms. The molecule has 1 aromatic carbocycles. The molecule has 2 heterocycles. The largest absolute Gasteiger partial charge is 0.371 e. The number of fused-ring (bicyclic) bond motifs is 1. The van der Waals surface area contributed by atoms with Crippen molar-refractivity contribution in [2.75, 3.05) is 13.1 Å². The zero-order valence-corrected chi connectivity index (χ0v) is 9.02. The van der Waals surface area contributed by atoms with E-state index in [0.717, 1.165) is 18.6 Å². The molecule has 3 rings (SSSR count). The minimum atomic E-state index is 0.374. The van der Waals surface area contributed by atoms with E-state index in [2.05, 4.69) is 34.6 Å². The Morgan fingerprint density at radius 2 is 2.12 bits per heavy atom. The summed E-state index contributed by atoms with van der Waals surface area (Å²) in [6, 6.07) is 10.3. The van der Waals surface area contributed by atoms with Gasteiger partial charge in [0, 0.05) is 30.2 Å². The molecule has 0 spiro atoms. The van der Waals surface area contributed by atoms with Crippen molar-refractivity contribution in [3.05, 3.63) is 42.1 Å². The third kappa shape index (κ3) is 1.79. The Bertz CT molecular complexity index is 489. The van der Waals surface area contributed by atoms with E-state index in [0.29, 0.717) is 12.7 Å². The molecule has 2 aromatic rings. The molecule has 0 saturated carbocycles. The fraction of sp³-hybridized carbons (Fsp3) is 0.308. The topological polar surface area (TPSA) is 34.1 Å². The number of nitrogens with zero attached hydrogens (tertiary/aromatic N) is 1. The summed E-state index contributed by atoms with van der Waals surface area (Å²) < 4.78 is 5.77. The van der Waals surface area contributed by atoms with Gasteiger partial charge in [-0.15, -0.1) is 0 Å². The van der Waals surface area contributed by atoms with Gasteiger partial charge in [0.2, 0.25) is 0 Å². The number of ether oxygens (including phenoxy) is 1. The van der Waals surface area contributed by atoms with Crippen LogP contribution in [0.2, 0.25) is 0 Å². The van der Waals surface area contributed by atoms with Gasteiger partial charge in [-0.1, -0.05) is 24.3 Å². The monoisotopic (exact) mass is 214 g/mol. The van der Waals surface area contributed by atoms with Crippen molar-refractivity contribution in [1.29, 1.82) is 0 Å². The maximum atomic E-state index is 5.77. The average Bonchev–Trinajstić information content (AvgIpc) is 2.27. The molecule has 0 amide bonds. The van der Waals surface area contributed by atoms with Crippen LogP contribution in [-0.2, 0) is 11.3 Å². The molecule has 1 N–H and O–H groups in total. The highest BCUT2D eigenvalue weighted by Gasteiger charge is 2.17. The first-order valence-corrected chi connectivity index (χ1v) is 5.58. The SMILES string of the molecule is c1cnc2c(COC3CNC3)cccc2c1. The Morgan fingerprint density at radius 3 is 2.94 bits per heavy atom. The van der Waals surface area contributed by atoms with Crippen LogP contribution in [0.3, 0.4) is 0 Å². The van der Waals surface area contributed by atoms with Gasteiger partial charge in [-0.25, -0.2) is 0 Å². The molecule has 3 nitrogen and oxygen atoms in total. The lowest BCUT2D eigenvalue weighted by Gasteiger charge is -2.27. The van der Waals surface area contributed by atoms with Crippen LogP contribution in [0.25, 0.3) is 10.9 Å². The highest BCUT2D eigenvalue weighted by Crippen LogP contribution is 2.17. The van der Waals surface area contributed by atoms with E-state index >= 15 is 0 Å². The number of hydrogen-bond donors (Lipinski definition) is 1. The number of hydrogen-bond acceptors (Lipinski definition) is 3. The summed E-state index contributed by atoms with van der Waals surface area (Å²) in [5.41, 5.74) is 2.22. The van der Waals surface area contributed by atoms with Gasteiger partial charge in [0.15, 0.2) is 0 Å². The van der Waals surface area contributed by atoms with E-state index in [1.54, 1.807) is 0 Å². The molecule has 1 aliphatic rings. The van der Waals surface area contributed by atoms with Crippen LogP contribution in [0.15, 0.2) is 36.5 Å². The van der Waals surface area contributed by atoms with Gasteiger partial charge in [0.25, 0.3) is 0 Å². The van der Waals surface area contributed by atoms with Crippen LogP contribution in [0.1, 0.15) is 5.56 Å². The number of nitrogens with one attached hydrogen (secondary N) is 1. The summed E-state index contributed by atoms with van der Waals surface area (Å²) in [5, 5.41) is 4.37. The summed E-state index contributed by atoms with van der Waals surface area (Å²) in [7, 11) is 0. The van der Waals surface area contributed by atoms with Crippen LogP contribution in [0.4, 0.5) is 0 Å². The second kappa shape index (κ2) is 4.20. The molecule has 1 aromatic heterocycles. The first kappa shape index (κ1) is 9.75. The van der Waals surface area contributed by atoms with E-state index in [9.17, 15) is 0 Å². The molecule has 0 atom stereocenters. The van der Waals surface area contributed by atoms with Crippen LogP contribution in [0.5, 0.6) is 0 Å². The minimum absolute atomic E-state index is 0.374. The van der Waals surface area contributed by atoms with Crippen molar-refractivity contribution in [3.8, 4) is 0 Å². The third-order valence-electron chi connectivity index (χ3n) is 2.93. The molecule has 0 radical (unpaired) electrons. The minimum Gasteiger partial charge on any atom is -0.371 e. The molecular weight excluding hydrogens is 200 g/mol. The first-order valence-electron chi connectivity index (χ1n) is 5.58. The van der Waals surface area contributed by atoms with E-state index in [4.69, 9.17) is 4.74 Å². The van der Waals surface area contributed by atoms with Crippen LogP contribution < -0.4 is 5.32 Å². The van der Waals surface area contributed by atoms with Crippen molar-refractivity contribution in [2.45, 2.75) is 12.7 Å². The number of benzene rings is 1. The standard InChI is InChI=1S/C13H14N2O/c1-3-10-5-2-6-15-13(10)11(4-1)9-16-12-7-14-8-12/h1-6,12,14H,7-9H2. The van der Waals surface area contributed by atoms with Crippen molar-refractivity contribution < 1.29 is 4.74 Å². The summed E-state index contributed by atoms with van der Waals surface area (Å²) in [4.78, 5) is 4.41. The van der Waals surface area contributed by atoms with Crippen molar-refractivity contribution >= 4 is 10.9 Å². The number of aromatic nitrogens is 1. The highest BCUT2D eigenvalue weighted by atomic mass is 16.5. The maximum Gasteiger partial charge on any atom is 0.0828 e. The Balaban J connectivity index is 1.84. The number of rotatable bonds is 3. The molecule has 0 unspecified atom stereocenters. The Hall–Kier alpha value is -1.45. The predicted octanol–water partition coefficient (Wildman–Crippen LogP) is 1.72. The number of para-hydroxylation sites is 1. The smallest absolute Gasteiger partial charge is 0.0828 e. The number of pyridine rings is 1. The van der Waals surface area contributed by atoms with Crippen LogP contribution in [0, 0.1) is 0 Å². The second-order valence-corrected chi connectivity index (χ2v) is 4.08. The Kier molecular flexibility index (Phi) is 2.56. The normalized spacial score (nSPS) is 16.2. The first-order chi connectivity index (χ1) is 7.93. The van der Waals surface area contributed by atoms with Gasteiger partial charge in [0.05, 0.1) is 18.2 Å². The molecule has 1 aliphatic heterocycles. The molecule has 82 valence electrons. The van der Waals surface area contributed by atoms with E-state index in [1.165, 1.54) is 10.9 Å². The second-order valence-electron chi connectivity index (χ2n) is 4.08. The summed E-state index contributed by atoms with van der Waals surface area (Å²) in [6.45, 7) is 2.59. The summed E-state index contributed by atoms with van der Waals surface area (Å²) in [5.74, 6) is 0. The predicted molar refractivity (Wildman–Crippen MR) is 63.2 cm³/mol. The van der Waals surface area contributed by atoms with E-state index < -0.39 is 0 Å².